The van der Waals surface area contributed by atoms with Gasteiger partial charge in [0.2, 0.25) is 5.88 Å². The largest absolute Gasteiger partial charge is 0.480 e. The van der Waals surface area contributed by atoms with Gasteiger partial charge in [0, 0.05) is 17.6 Å². The topological polar surface area (TPSA) is 84.1 Å². The highest BCUT2D eigenvalue weighted by molar-refractivity contribution is 9.10. The van der Waals surface area contributed by atoms with Crippen LogP contribution < -0.4 is 9.46 Å². The van der Waals surface area contributed by atoms with Crippen LogP contribution in [0.4, 0.5) is 10.2 Å². The van der Waals surface area contributed by atoms with E-state index in [4.69, 9.17) is 27.9 Å². The molecule has 0 radical (unpaired) electrons. The van der Waals surface area contributed by atoms with E-state index in [2.05, 4.69) is 30.6 Å². The first-order valence-electron chi connectivity index (χ1n) is 6.62. The summed E-state index contributed by atoms with van der Waals surface area (Å²) in [6.07, 6.45) is 1.28. The molecular formula is C14H9BrCl2FN3O3S. The summed E-state index contributed by atoms with van der Waals surface area (Å²) < 4.78 is 46.8. The van der Waals surface area contributed by atoms with Gasteiger partial charge >= 0.3 is 0 Å². The van der Waals surface area contributed by atoms with Gasteiger partial charge in [0.05, 0.1) is 22.1 Å². The first-order chi connectivity index (χ1) is 11.7. The molecule has 2 heterocycles. The van der Waals surface area contributed by atoms with E-state index in [-0.39, 0.29) is 15.8 Å². The van der Waals surface area contributed by atoms with E-state index in [9.17, 15) is 12.8 Å². The predicted octanol–water partition coefficient (Wildman–Crippen LogP) is 4.58. The summed E-state index contributed by atoms with van der Waals surface area (Å²) in [6, 6.07) is 4.00. The molecule has 0 aliphatic rings. The summed E-state index contributed by atoms with van der Waals surface area (Å²) in [4.78, 5) is 6.47. The smallest absolute Gasteiger partial charge is 0.265 e. The van der Waals surface area contributed by atoms with Crippen molar-refractivity contribution in [2.24, 2.45) is 0 Å². The molecule has 0 saturated heterocycles. The summed E-state index contributed by atoms with van der Waals surface area (Å²) in [7, 11) is -2.85. The Balaban J connectivity index is 2.08. The van der Waals surface area contributed by atoms with Crippen molar-refractivity contribution in [1.82, 2.24) is 9.97 Å². The third-order valence-electron chi connectivity index (χ3n) is 3.32. The molecule has 0 unspecified atom stereocenters. The number of hydrogen-bond acceptors (Lipinski definition) is 4. The number of aromatic nitrogens is 2. The van der Waals surface area contributed by atoms with Crippen molar-refractivity contribution in [3.8, 4) is 5.88 Å². The minimum absolute atomic E-state index is 0.0754. The Morgan fingerprint density at radius 2 is 2.04 bits per heavy atom. The van der Waals surface area contributed by atoms with E-state index in [1.54, 1.807) is 12.1 Å². The number of H-pyrrole nitrogens is 1. The normalized spacial score (nSPS) is 11.7. The van der Waals surface area contributed by atoms with Gasteiger partial charge in [-0.05, 0) is 28.1 Å². The summed E-state index contributed by atoms with van der Waals surface area (Å²) in [5.74, 6) is -1.56. The van der Waals surface area contributed by atoms with Crippen LogP contribution in [0.5, 0.6) is 5.88 Å². The van der Waals surface area contributed by atoms with Crippen molar-refractivity contribution in [2.45, 2.75) is 4.90 Å². The molecule has 3 aromatic rings. The van der Waals surface area contributed by atoms with Crippen LogP contribution in [-0.2, 0) is 10.0 Å². The Kier molecular flexibility index (Phi) is 4.84. The molecule has 0 aliphatic carbocycles. The van der Waals surface area contributed by atoms with E-state index in [0.29, 0.717) is 20.4 Å². The van der Waals surface area contributed by atoms with Gasteiger partial charge < -0.3 is 9.72 Å². The van der Waals surface area contributed by atoms with Crippen LogP contribution in [0, 0.1) is 5.82 Å². The zero-order chi connectivity index (χ0) is 18.4. The fraction of sp³-hybridized carbons (Fsp3) is 0.0714. The molecule has 6 nitrogen and oxygen atoms in total. The molecule has 11 heteroatoms. The Bertz CT molecular complexity index is 1090. The second-order valence-corrected chi connectivity index (χ2v) is 8.11. The highest BCUT2D eigenvalue weighted by atomic mass is 79.9. The molecule has 1 aromatic carbocycles. The van der Waals surface area contributed by atoms with E-state index >= 15 is 0 Å². The van der Waals surface area contributed by atoms with Crippen LogP contribution in [-0.4, -0.2) is 25.5 Å². The highest BCUT2D eigenvalue weighted by Gasteiger charge is 2.23. The lowest BCUT2D eigenvalue weighted by atomic mass is 10.2. The lowest BCUT2D eigenvalue weighted by molar-refractivity contribution is 0.397. The Labute approximate surface area is 160 Å². The minimum Gasteiger partial charge on any atom is -0.480 e. The molecule has 0 aliphatic heterocycles. The number of anilines is 1. The first-order valence-corrected chi connectivity index (χ1v) is 9.65. The Morgan fingerprint density at radius 1 is 1.32 bits per heavy atom. The van der Waals surface area contributed by atoms with Crippen molar-refractivity contribution < 1.29 is 17.5 Å². The molecule has 3 rings (SSSR count). The molecule has 0 amide bonds. The van der Waals surface area contributed by atoms with E-state index in [0.717, 1.165) is 6.07 Å². The average molecular weight is 469 g/mol. The number of rotatable bonds is 4. The van der Waals surface area contributed by atoms with Gasteiger partial charge in [0.15, 0.2) is 11.6 Å². The number of pyridine rings is 1. The number of fused-ring (bicyclic) bond motifs is 1. The number of sulfonamides is 1. The van der Waals surface area contributed by atoms with Gasteiger partial charge in [0.1, 0.15) is 9.92 Å². The van der Waals surface area contributed by atoms with E-state index < -0.39 is 21.7 Å². The van der Waals surface area contributed by atoms with Crippen LogP contribution in [0.25, 0.3) is 10.9 Å². The number of halogens is 4. The molecule has 2 aromatic heterocycles. The van der Waals surface area contributed by atoms with E-state index in [1.807, 2.05) is 0 Å². The zero-order valence-electron chi connectivity index (χ0n) is 12.4. The number of aromatic amines is 1. The summed E-state index contributed by atoms with van der Waals surface area (Å²) in [6.45, 7) is 0. The fourth-order valence-electron chi connectivity index (χ4n) is 2.18. The molecular weight excluding hydrogens is 460 g/mol. The molecule has 0 saturated carbocycles. The monoisotopic (exact) mass is 467 g/mol. The van der Waals surface area contributed by atoms with Gasteiger partial charge in [-0.15, -0.1) is 0 Å². The van der Waals surface area contributed by atoms with Gasteiger partial charge in [-0.25, -0.2) is 12.8 Å². The van der Waals surface area contributed by atoms with Crippen LogP contribution in [0.2, 0.25) is 10.0 Å². The maximum atomic E-state index is 14.0. The van der Waals surface area contributed by atoms with Gasteiger partial charge in [-0.1, -0.05) is 23.2 Å². The standard InChI is InChI=1S/C14H9BrCl2FN3O3S/c1-24-14-8(17)4-9(18)13(20-14)21-25(22,23)10-5-19-12-6(10)2-3-7(16)11(12)15/h2-5,19H,1H3,(H,20,21). The highest BCUT2D eigenvalue weighted by Crippen LogP contribution is 2.34. The lowest BCUT2D eigenvalue weighted by Crippen LogP contribution is -2.15. The number of nitrogens with zero attached hydrogens (tertiary/aromatic N) is 1. The zero-order valence-corrected chi connectivity index (χ0v) is 16.3. The molecule has 0 fully saturated rings. The minimum atomic E-state index is -4.13. The van der Waals surface area contributed by atoms with Crippen molar-refractivity contribution in [1.29, 1.82) is 0 Å². The second kappa shape index (κ2) is 6.64. The molecule has 0 atom stereocenters. The molecule has 0 bridgehead atoms. The van der Waals surface area contributed by atoms with E-state index in [1.165, 1.54) is 13.3 Å². The molecule has 132 valence electrons. The third kappa shape index (κ3) is 3.29. The SMILES string of the molecule is COc1nc(NS(=O)(=O)c2c[nH]c3c(Br)c(Cl)ccc23)c(F)cc1Cl. The maximum absolute atomic E-state index is 14.0. The van der Waals surface area contributed by atoms with Crippen LogP contribution in [0.3, 0.4) is 0 Å². The fourth-order valence-corrected chi connectivity index (χ4v) is 4.20. The summed E-state index contributed by atoms with van der Waals surface area (Å²) in [5, 5.41) is 0.722. The molecule has 2 N–H and O–H groups in total. The average Bonchev–Trinajstić information content (AvgIpc) is 2.99. The summed E-state index contributed by atoms with van der Waals surface area (Å²) in [5.41, 5.74) is 0.495. The number of benzene rings is 1. The first kappa shape index (κ1) is 18.2. The van der Waals surface area contributed by atoms with Crippen LogP contribution in [0.15, 0.2) is 33.8 Å². The van der Waals surface area contributed by atoms with Crippen molar-refractivity contribution in [2.75, 3.05) is 11.8 Å². The van der Waals surface area contributed by atoms with Gasteiger partial charge in [0.25, 0.3) is 10.0 Å². The third-order valence-corrected chi connectivity index (χ3v) is 6.34. The summed E-state index contributed by atoms with van der Waals surface area (Å²) >= 11 is 15.0. The number of hydrogen-bond donors (Lipinski definition) is 2. The Hall–Kier alpha value is -1.55. The quantitative estimate of drug-likeness (QED) is 0.586. The number of ether oxygens (including phenoxy) is 1. The number of nitrogens with one attached hydrogen (secondary N) is 2. The Morgan fingerprint density at radius 3 is 2.72 bits per heavy atom. The lowest BCUT2D eigenvalue weighted by Gasteiger charge is -2.10. The predicted molar refractivity (Wildman–Crippen MR) is 97.6 cm³/mol. The molecule has 25 heavy (non-hydrogen) atoms. The van der Waals surface area contributed by atoms with Crippen LogP contribution >= 0.6 is 39.1 Å². The van der Waals surface area contributed by atoms with Crippen molar-refractivity contribution in [3.63, 3.8) is 0 Å². The van der Waals surface area contributed by atoms with Gasteiger partial charge in [-0.3, -0.25) is 4.72 Å². The van der Waals surface area contributed by atoms with Gasteiger partial charge in [-0.2, -0.15) is 4.98 Å². The van der Waals surface area contributed by atoms with Crippen molar-refractivity contribution >= 4 is 65.9 Å². The van der Waals surface area contributed by atoms with Crippen molar-refractivity contribution in [3.05, 3.63) is 44.7 Å². The van der Waals surface area contributed by atoms with Crippen LogP contribution in [0.1, 0.15) is 0 Å². The molecule has 0 spiro atoms. The number of methoxy groups -OCH3 is 1. The maximum Gasteiger partial charge on any atom is 0.265 e. The second-order valence-electron chi connectivity index (χ2n) is 4.85.